The molecule has 0 atom stereocenters. The van der Waals surface area contributed by atoms with Crippen molar-refractivity contribution >= 4 is 10.8 Å². The SMILES string of the molecule is CCc1cc2c(CC)n[nH]c(=O)c2cc1C. The van der Waals surface area contributed by atoms with E-state index < -0.39 is 0 Å². The van der Waals surface area contributed by atoms with Gasteiger partial charge in [0.25, 0.3) is 5.56 Å². The molecule has 1 N–H and O–H groups in total. The van der Waals surface area contributed by atoms with Gasteiger partial charge in [-0.1, -0.05) is 13.8 Å². The number of aromatic nitrogens is 2. The van der Waals surface area contributed by atoms with E-state index in [1.54, 1.807) is 0 Å². The molecular formula is C13H16N2O. The Bertz CT molecular complexity index is 584. The van der Waals surface area contributed by atoms with Gasteiger partial charge >= 0.3 is 0 Å². The fourth-order valence-electron chi connectivity index (χ4n) is 2.07. The van der Waals surface area contributed by atoms with Crippen LogP contribution in [0.1, 0.15) is 30.7 Å². The van der Waals surface area contributed by atoms with Crippen molar-refractivity contribution in [1.82, 2.24) is 10.2 Å². The fraction of sp³-hybridized carbons (Fsp3) is 0.385. The number of rotatable bonds is 2. The van der Waals surface area contributed by atoms with Crippen LogP contribution >= 0.6 is 0 Å². The zero-order chi connectivity index (χ0) is 11.7. The molecule has 1 aromatic carbocycles. The third kappa shape index (κ3) is 1.62. The summed E-state index contributed by atoms with van der Waals surface area (Å²) < 4.78 is 0. The van der Waals surface area contributed by atoms with Gasteiger partial charge in [-0.15, -0.1) is 0 Å². The van der Waals surface area contributed by atoms with Gasteiger partial charge in [0, 0.05) is 5.39 Å². The molecule has 2 rings (SSSR count). The lowest BCUT2D eigenvalue weighted by Gasteiger charge is -2.07. The smallest absolute Gasteiger partial charge is 0.267 e. The molecule has 0 fully saturated rings. The first-order valence-corrected chi connectivity index (χ1v) is 5.68. The lowest BCUT2D eigenvalue weighted by atomic mass is 10.00. The van der Waals surface area contributed by atoms with Crippen molar-refractivity contribution in [1.29, 1.82) is 0 Å². The Labute approximate surface area is 94.5 Å². The number of aryl methyl sites for hydroxylation is 3. The van der Waals surface area contributed by atoms with Gasteiger partial charge in [-0.2, -0.15) is 5.10 Å². The Balaban J connectivity index is 2.88. The average Bonchev–Trinajstić information content (AvgIpc) is 2.30. The predicted molar refractivity (Wildman–Crippen MR) is 65.9 cm³/mol. The highest BCUT2D eigenvalue weighted by atomic mass is 16.1. The lowest BCUT2D eigenvalue weighted by molar-refractivity contribution is 0.917. The van der Waals surface area contributed by atoms with Crippen molar-refractivity contribution < 1.29 is 0 Å². The minimum atomic E-state index is -0.0991. The van der Waals surface area contributed by atoms with Gasteiger partial charge in [0.15, 0.2) is 0 Å². The molecule has 3 heteroatoms. The number of fused-ring (bicyclic) bond motifs is 1. The first-order valence-electron chi connectivity index (χ1n) is 5.68. The quantitative estimate of drug-likeness (QED) is 0.837. The van der Waals surface area contributed by atoms with Gasteiger partial charge in [0.05, 0.1) is 11.1 Å². The molecule has 0 saturated carbocycles. The number of H-pyrrole nitrogens is 1. The molecule has 3 nitrogen and oxygen atoms in total. The van der Waals surface area contributed by atoms with Crippen LogP contribution in [0.15, 0.2) is 16.9 Å². The highest BCUT2D eigenvalue weighted by Crippen LogP contribution is 2.19. The van der Waals surface area contributed by atoms with Gasteiger partial charge < -0.3 is 0 Å². The Kier molecular flexibility index (Phi) is 2.77. The van der Waals surface area contributed by atoms with Crippen LogP contribution < -0.4 is 5.56 Å². The van der Waals surface area contributed by atoms with Crippen molar-refractivity contribution in [3.05, 3.63) is 39.3 Å². The van der Waals surface area contributed by atoms with E-state index in [1.165, 1.54) is 11.1 Å². The summed E-state index contributed by atoms with van der Waals surface area (Å²) in [6.07, 6.45) is 1.82. The maximum absolute atomic E-state index is 11.7. The zero-order valence-electron chi connectivity index (χ0n) is 9.92. The number of aromatic amines is 1. The number of nitrogens with one attached hydrogen (secondary N) is 1. The Morgan fingerprint density at radius 1 is 1.19 bits per heavy atom. The fourth-order valence-corrected chi connectivity index (χ4v) is 2.07. The highest BCUT2D eigenvalue weighted by molar-refractivity contribution is 5.85. The minimum absolute atomic E-state index is 0.0991. The van der Waals surface area contributed by atoms with Crippen LogP contribution in [0.5, 0.6) is 0 Å². The Morgan fingerprint density at radius 3 is 2.56 bits per heavy atom. The highest BCUT2D eigenvalue weighted by Gasteiger charge is 2.07. The molecule has 0 aliphatic heterocycles. The standard InChI is InChI=1S/C13H16N2O/c1-4-9-7-10-11(6-8(9)3)13(16)15-14-12(10)5-2/h6-7H,4-5H2,1-3H3,(H,15,16). The summed E-state index contributed by atoms with van der Waals surface area (Å²) in [5.41, 5.74) is 3.32. The van der Waals surface area contributed by atoms with E-state index in [0.29, 0.717) is 0 Å². The summed E-state index contributed by atoms with van der Waals surface area (Å²) in [7, 11) is 0. The normalized spacial score (nSPS) is 10.9. The van der Waals surface area contributed by atoms with Crippen LogP contribution in [-0.2, 0) is 12.8 Å². The molecule has 2 aromatic rings. The largest absolute Gasteiger partial charge is 0.272 e. The van der Waals surface area contributed by atoms with Gasteiger partial charge in [0.2, 0.25) is 0 Å². The number of hydrogen-bond acceptors (Lipinski definition) is 2. The summed E-state index contributed by atoms with van der Waals surface area (Å²) in [4.78, 5) is 11.7. The Morgan fingerprint density at radius 2 is 1.94 bits per heavy atom. The molecular weight excluding hydrogens is 200 g/mol. The topological polar surface area (TPSA) is 45.8 Å². The number of nitrogens with zero attached hydrogens (tertiary/aromatic N) is 1. The van der Waals surface area contributed by atoms with Crippen LogP contribution in [0.3, 0.4) is 0 Å². The summed E-state index contributed by atoms with van der Waals surface area (Å²) in [5, 5.41) is 8.39. The van der Waals surface area contributed by atoms with Crippen molar-refractivity contribution in [2.24, 2.45) is 0 Å². The first kappa shape index (κ1) is 10.9. The second kappa shape index (κ2) is 4.08. The van der Waals surface area contributed by atoms with E-state index >= 15 is 0 Å². The number of benzene rings is 1. The minimum Gasteiger partial charge on any atom is -0.267 e. The second-order valence-corrected chi connectivity index (χ2v) is 4.03. The molecule has 16 heavy (non-hydrogen) atoms. The zero-order valence-corrected chi connectivity index (χ0v) is 9.92. The van der Waals surface area contributed by atoms with Gasteiger partial charge in [-0.25, -0.2) is 5.10 Å². The Hall–Kier alpha value is -1.64. The molecule has 0 amide bonds. The van der Waals surface area contributed by atoms with E-state index in [-0.39, 0.29) is 5.56 Å². The van der Waals surface area contributed by atoms with Gasteiger partial charge in [0.1, 0.15) is 0 Å². The van der Waals surface area contributed by atoms with Crippen molar-refractivity contribution in [2.75, 3.05) is 0 Å². The predicted octanol–water partition coefficient (Wildman–Crippen LogP) is 2.36. The maximum atomic E-state index is 11.7. The molecule has 0 aliphatic rings. The molecule has 0 unspecified atom stereocenters. The van der Waals surface area contributed by atoms with E-state index in [9.17, 15) is 4.79 Å². The molecule has 84 valence electrons. The molecule has 0 bridgehead atoms. The van der Waals surface area contributed by atoms with Crippen LogP contribution in [0.25, 0.3) is 10.8 Å². The van der Waals surface area contributed by atoms with Crippen molar-refractivity contribution in [3.63, 3.8) is 0 Å². The molecule has 0 aliphatic carbocycles. The molecule has 0 spiro atoms. The van der Waals surface area contributed by atoms with Crippen molar-refractivity contribution in [3.8, 4) is 0 Å². The lowest BCUT2D eigenvalue weighted by Crippen LogP contribution is -2.11. The first-order chi connectivity index (χ1) is 7.67. The third-order valence-electron chi connectivity index (χ3n) is 3.04. The monoisotopic (exact) mass is 216 g/mol. The van der Waals surface area contributed by atoms with Gasteiger partial charge in [-0.3, -0.25) is 4.79 Å². The number of hydrogen-bond donors (Lipinski definition) is 1. The van der Waals surface area contributed by atoms with Crippen molar-refractivity contribution in [2.45, 2.75) is 33.6 Å². The van der Waals surface area contributed by atoms with E-state index in [0.717, 1.165) is 29.3 Å². The maximum Gasteiger partial charge on any atom is 0.272 e. The van der Waals surface area contributed by atoms with Gasteiger partial charge in [-0.05, 0) is 43.0 Å². The van der Waals surface area contributed by atoms with Crippen LogP contribution in [0, 0.1) is 6.92 Å². The van der Waals surface area contributed by atoms with E-state index in [1.807, 2.05) is 19.9 Å². The average molecular weight is 216 g/mol. The van der Waals surface area contributed by atoms with E-state index in [4.69, 9.17) is 0 Å². The molecule has 0 radical (unpaired) electrons. The van der Waals surface area contributed by atoms with Crippen LogP contribution in [0.2, 0.25) is 0 Å². The second-order valence-electron chi connectivity index (χ2n) is 4.03. The molecule has 0 saturated heterocycles. The summed E-state index contributed by atoms with van der Waals surface area (Å²) in [6.45, 7) is 6.22. The van der Waals surface area contributed by atoms with Crippen LogP contribution in [0.4, 0.5) is 0 Å². The van der Waals surface area contributed by atoms with E-state index in [2.05, 4.69) is 23.2 Å². The third-order valence-corrected chi connectivity index (χ3v) is 3.04. The molecule has 1 aromatic heterocycles. The summed E-state index contributed by atoms with van der Waals surface area (Å²) in [6, 6.07) is 4.07. The molecule has 1 heterocycles. The summed E-state index contributed by atoms with van der Waals surface area (Å²) in [5.74, 6) is 0. The van der Waals surface area contributed by atoms with Crippen LogP contribution in [-0.4, -0.2) is 10.2 Å². The summed E-state index contributed by atoms with van der Waals surface area (Å²) >= 11 is 0.